The number of aromatic hydroxyl groups is 1. The van der Waals surface area contributed by atoms with E-state index in [2.05, 4.69) is 10.6 Å². The summed E-state index contributed by atoms with van der Waals surface area (Å²) < 4.78 is 0. The van der Waals surface area contributed by atoms with Gasteiger partial charge in [-0.3, -0.25) is 9.59 Å². The second-order valence-electron chi connectivity index (χ2n) is 9.06. The monoisotopic (exact) mass is 352 g/mol. The summed E-state index contributed by atoms with van der Waals surface area (Å²) in [5, 5.41) is 15.2. The van der Waals surface area contributed by atoms with Gasteiger partial charge in [-0.15, -0.1) is 0 Å². The smallest absolute Gasteiger partial charge is 0.251 e. The lowest BCUT2D eigenvalue weighted by Crippen LogP contribution is -2.39. The molecule has 7 rings (SSSR count). The molecule has 136 valence electrons. The van der Waals surface area contributed by atoms with Crippen LogP contribution in [0.5, 0.6) is 5.75 Å². The summed E-state index contributed by atoms with van der Waals surface area (Å²) in [5.74, 6) is 7.15. The van der Waals surface area contributed by atoms with Crippen LogP contribution in [0.15, 0.2) is 24.3 Å². The van der Waals surface area contributed by atoms with Crippen LogP contribution in [-0.4, -0.2) is 30.0 Å². The van der Waals surface area contributed by atoms with Gasteiger partial charge in [-0.25, -0.2) is 0 Å². The standard InChI is InChI=1S/C21H24N2O3/c24-10-3-1-9(2-4-10)20(25)22-5-6-23-21(26)19-17-13-7-11-12-8-14(15(11)17)18(19)16(12)13/h1-4,11-19,24H,5-8H2,(H,22,25)(H,23,26)/t11-,12+,13-,14-,15+,16-,17-,18-,19?/m0/s1. The first-order chi connectivity index (χ1) is 12.6. The molecule has 0 heterocycles. The van der Waals surface area contributed by atoms with Crippen molar-refractivity contribution in [2.75, 3.05) is 13.1 Å². The molecule has 6 saturated carbocycles. The number of hydrogen-bond donors (Lipinski definition) is 3. The number of hydrogen-bond acceptors (Lipinski definition) is 3. The minimum Gasteiger partial charge on any atom is -0.508 e. The molecule has 6 aliphatic carbocycles. The van der Waals surface area contributed by atoms with Crippen LogP contribution in [0.2, 0.25) is 0 Å². The van der Waals surface area contributed by atoms with E-state index in [-0.39, 0.29) is 23.5 Å². The van der Waals surface area contributed by atoms with Gasteiger partial charge >= 0.3 is 0 Å². The van der Waals surface area contributed by atoms with Gasteiger partial charge in [-0.2, -0.15) is 0 Å². The molecule has 0 aliphatic heterocycles. The third kappa shape index (κ3) is 1.72. The number of carbonyl (C=O) groups excluding carboxylic acids is 2. The highest BCUT2D eigenvalue weighted by atomic mass is 16.3. The third-order valence-corrected chi connectivity index (χ3v) is 8.47. The van der Waals surface area contributed by atoms with Crippen molar-refractivity contribution in [1.29, 1.82) is 0 Å². The molecule has 6 fully saturated rings. The Bertz CT molecular complexity index is 763. The zero-order chi connectivity index (χ0) is 17.6. The normalized spacial score (nSPS) is 45.0. The Kier molecular flexibility index (Phi) is 2.91. The molecule has 9 atom stereocenters. The number of amides is 2. The quantitative estimate of drug-likeness (QED) is 0.705. The minimum atomic E-state index is -0.181. The second kappa shape index (κ2) is 5.02. The Balaban J connectivity index is 1.04. The molecule has 0 saturated heterocycles. The van der Waals surface area contributed by atoms with Crippen LogP contribution in [0.25, 0.3) is 0 Å². The van der Waals surface area contributed by atoms with E-state index in [1.807, 2.05) is 0 Å². The molecule has 26 heavy (non-hydrogen) atoms. The molecule has 6 aliphatic rings. The molecule has 1 aromatic rings. The van der Waals surface area contributed by atoms with E-state index >= 15 is 0 Å². The summed E-state index contributed by atoms with van der Waals surface area (Å²) in [4.78, 5) is 24.9. The summed E-state index contributed by atoms with van der Waals surface area (Å²) in [6.07, 6.45) is 2.81. The van der Waals surface area contributed by atoms with Crippen LogP contribution in [0.3, 0.4) is 0 Å². The van der Waals surface area contributed by atoms with Gasteiger partial charge in [-0.1, -0.05) is 0 Å². The van der Waals surface area contributed by atoms with Crippen molar-refractivity contribution in [3.63, 3.8) is 0 Å². The van der Waals surface area contributed by atoms with Gasteiger partial charge in [0.05, 0.1) is 0 Å². The average Bonchev–Trinajstić information content (AvgIpc) is 3.36. The average molecular weight is 352 g/mol. The first-order valence-corrected chi connectivity index (χ1v) is 10.00. The summed E-state index contributed by atoms with van der Waals surface area (Å²) in [6, 6.07) is 6.18. The first-order valence-electron chi connectivity index (χ1n) is 10.00. The molecule has 0 spiro atoms. The summed E-state index contributed by atoms with van der Waals surface area (Å²) in [5.41, 5.74) is 0.513. The molecular weight excluding hydrogens is 328 g/mol. The number of rotatable bonds is 5. The Morgan fingerprint density at radius 1 is 0.846 bits per heavy atom. The predicted molar refractivity (Wildman–Crippen MR) is 94.1 cm³/mol. The first kappa shape index (κ1) is 15.1. The Morgan fingerprint density at radius 2 is 1.42 bits per heavy atom. The fourth-order valence-electron chi connectivity index (χ4n) is 8.16. The molecule has 0 aromatic heterocycles. The lowest BCUT2D eigenvalue weighted by molar-refractivity contribution is -0.126. The van der Waals surface area contributed by atoms with Gasteiger partial charge in [0.25, 0.3) is 5.91 Å². The van der Waals surface area contributed by atoms with Gasteiger partial charge in [0.2, 0.25) is 5.91 Å². The molecule has 6 bridgehead atoms. The fourth-order valence-corrected chi connectivity index (χ4v) is 8.16. The zero-order valence-electron chi connectivity index (χ0n) is 14.6. The largest absolute Gasteiger partial charge is 0.508 e. The number of phenolic OH excluding ortho intramolecular Hbond substituents is 1. The maximum Gasteiger partial charge on any atom is 0.251 e. The van der Waals surface area contributed by atoms with Crippen molar-refractivity contribution in [1.82, 2.24) is 10.6 Å². The number of carbonyl (C=O) groups is 2. The third-order valence-electron chi connectivity index (χ3n) is 8.47. The fraction of sp³-hybridized carbons (Fsp3) is 0.619. The summed E-state index contributed by atoms with van der Waals surface area (Å²) in [7, 11) is 0. The number of phenols is 1. The maximum absolute atomic E-state index is 12.9. The zero-order valence-corrected chi connectivity index (χ0v) is 14.6. The van der Waals surface area contributed by atoms with Crippen LogP contribution >= 0.6 is 0 Å². The van der Waals surface area contributed by atoms with E-state index in [0.717, 1.165) is 35.5 Å². The van der Waals surface area contributed by atoms with Gasteiger partial charge in [-0.05, 0) is 84.5 Å². The minimum absolute atomic E-state index is 0.143. The maximum atomic E-state index is 12.9. The van der Waals surface area contributed by atoms with Crippen molar-refractivity contribution in [3.8, 4) is 5.75 Å². The predicted octanol–water partition coefficient (Wildman–Crippen LogP) is 1.63. The molecule has 3 N–H and O–H groups in total. The van der Waals surface area contributed by atoms with E-state index in [4.69, 9.17) is 0 Å². The number of benzene rings is 1. The number of nitrogens with one attached hydrogen (secondary N) is 2. The Labute approximate surface area is 152 Å². The van der Waals surface area contributed by atoms with Crippen LogP contribution in [0.4, 0.5) is 0 Å². The molecule has 5 nitrogen and oxygen atoms in total. The van der Waals surface area contributed by atoms with E-state index in [1.54, 1.807) is 12.1 Å². The Hall–Kier alpha value is -2.04. The highest BCUT2D eigenvalue weighted by Crippen LogP contribution is 2.84. The second-order valence-corrected chi connectivity index (χ2v) is 9.06. The van der Waals surface area contributed by atoms with Crippen molar-refractivity contribution in [3.05, 3.63) is 29.8 Å². The van der Waals surface area contributed by atoms with Crippen molar-refractivity contribution >= 4 is 11.8 Å². The van der Waals surface area contributed by atoms with Crippen molar-refractivity contribution in [2.45, 2.75) is 12.8 Å². The highest BCUT2D eigenvalue weighted by molar-refractivity contribution is 5.94. The molecule has 5 heteroatoms. The van der Waals surface area contributed by atoms with Crippen molar-refractivity contribution < 1.29 is 14.7 Å². The highest BCUT2D eigenvalue weighted by Gasteiger charge is 2.81. The van der Waals surface area contributed by atoms with Crippen LogP contribution in [0.1, 0.15) is 23.2 Å². The molecule has 0 radical (unpaired) electrons. The lowest BCUT2D eigenvalue weighted by Gasteiger charge is -2.33. The van der Waals surface area contributed by atoms with Crippen LogP contribution in [-0.2, 0) is 4.79 Å². The van der Waals surface area contributed by atoms with E-state index in [0.29, 0.717) is 30.5 Å². The Morgan fingerprint density at radius 3 is 2.04 bits per heavy atom. The van der Waals surface area contributed by atoms with Crippen LogP contribution in [0, 0.1) is 53.3 Å². The topological polar surface area (TPSA) is 78.4 Å². The SMILES string of the molecule is O=C(NCCNC(=O)C1[C@H]2[C@H]3C[C@@H]4[C@@H]5C[C@H]([C@H]1[C@@H]35)[C@H]42)c1ccc(O)cc1. The lowest BCUT2D eigenvalue weighted by atomic mass is 9.71. The summed E-state index contributed by atoms with van der Waals surface area (Å²) >= 11 is 0. The van der Waals surface area contributed by atoms with E-state index in [9.17, 15) is 14.7 Å². The summed E-state index contributed by atoms with van der Waals surface area (Å²) in [6.45, 7) is 0.911. The van der Waals surface area contributed by atoms with Gasteiger partial charge < -0.3 is 15.7 Å². The van der Waals surface area contributed by atoms with Crippen LogP contribution < -0.4 is 10.6 Å². The van der Waals surface area contributed by atoms with Gasteiger partial charge in [0, 0.05) is 24.6 Å². The molecule has 2 amide bonds. The molecular formula is C21H24N2O3. The molecule has 1 aromatic carbocycles. The molecule has 1 unspecified atom stereocenters. The van der Waals surface area contributed by atoms with E-state index in [1.165, 1.54) is 25.0 Å². The van der Waals surface area contributed by atoms with Gasteiger partial charge in [0.1, 0.15) is 5.75 Å². The van der Waals surface area contributed by atoms with E-state index < -0.39 is 0 Å². The van der Waals surface area contributed by atoms with Gasteiger partial charge in [0.15, 0.2) is 0 Å². The van der Waals surface area contributed by atoms with Crippen molar-refractivity contribution in [2.24, 2.45) is 53.3 Å².